The monoisotopic (exact) mass is 322 g/mol. The van der Waals surface area contributed by atoms with E-state index in [4.69, 9.17) is 21.7 Å². The highest BCUT2D eigenvalue weighted by atomic mass is 32.1. The van der Waals surface area contributed by atoms with Gasteiger partial charge in [-0.05, 0) is 44.6 Å². The average molecular weight is 322 g/mol. The van der Waals surface area contributed by atoms with Gasteiger partial charge in [0.15, 0.2) is 5.11 Å². The maximum absolute atomic E-state index is 5.84. The van der Waals surface area contributed by atoms with E-state index in [1.807, 2.05) is 6.92 Å². The van der Waals surface area contributed by atoms with Crippen molar-refractivity contribution in [1.29, 1.82) is 0 Å². The van der Waals surface area contributed by atoms with Crippen molar-refractivity contribution in [3.05, 3.63) is 23.3 Å². The summed E-state index contributed by atoms with van der Waals surface area (Å²) in [6, 6.07) is 4.18. The molecule has 1 aromatic rings. The molecule has 22 heavy (non-hydrogen) atoms. The summed E-state index contributed by atoms with van der Waals surface area (Å²) >= 11 is 5.30. The van der Waals surface area contributed by atoms with Gasteiger partial charge >= 0.3 is 0 Å². The van der Waals surface area contributed by atoms with E-state index in [0.29, 0.717) is 18.3 Å². The summed E-state index contributed by atoms with van der Waals surface area (Å²) < 4.78 is 11.6. The van der Waals surface area contributed by atoms with Gasteiger partial charge in [-0.15, -0.1) is 0 Å². The minimum Gasteiger partial charge on any atom is -0.494 e. The van der Waals surface area contributed by atoms with Crippen LogP contribution in [0.5, 0.6) is 11.5 Å². The second-order valence-corrected chi connectivity index (χ2v) is 6.00. The zero-order chi connectivity index (χ0) is 15.9. The molecule has 1 aromatic carbocycles. The molecular weight excluding hydrogens is 296 g/mol. The highest BCUT2D eigenvalue weighted by Gasteiger charge is 2.21. The SMILES string of the molecule is CCCCNC(=S)NCc1cc2c(cc1OCC)C[C@@H](C)O2. The molecule has 0 spiro atoms. The van der Waals surface area contributed by atoms with E-state index in [9.17, 15) is 0 Å². The van der Waals surface area contributed by atoms with Gasteiger partial charge in [0.1, 0.15) is 17.6 Å². The van der Waals surface area contributed by atoms with Crippen LogP contribution in [-0.2, 0) is 13.0 Å². The summed E-state index contributed by atoms with van der Waals surface area (Å²) in [6.07, 6.45) is 3.46. The second-order valence-electron chi connectivity index (χ2n) is 5.60. The van der Waals surface area contributed by atoms with Crippen molar-refractivity contribution in [2.75, 3.05) is 13.2 Å². The largest absolute Gasteiger partial charge is 0.494 e. The number of benzene rings is 1. The van der Waals surface area contributed by atoms with Crippen LogP contribution in [0.15, 0.2) is 12.1 Å². The fourth-order valence-corrected chi connectivity index (χ4v) is 2.70. The third-order valence-corrected chi connectivity index (χ3v) is 3.92. The maximum atomic E-state index is 5.84. The molecule has 0 unspecified atom stereocenters. The Morgan fingerprint density at radius 3 is 2.91 bits per heavy atom. The van der Waals surface area contributed by atoms with Crippen LogP contribution in [0.2, 0.25) is 0 Å². The Hall–Kier alpha value is -1.49. The quantitative estimate of drug-likeness (QED) is 0.596. The van der Waals surface area contributed by atoms with Crippen LogP contribution < -0.4 is 20.1 Å². The minimum absolute atomic E-state index is 0.240. The van der Waals surface area contributed by atoms with Crippen LogP contribution >= 0.6 is 12.2 Å². The topological polar surface area (TPSA) is 42.5 Å². The van der Waals surface area contributed by atoms with Crippen LogP contribution in [0.4, 0.5) is 0 Å². The Kier molecular flexibility index (Phi) is 6.31. The number of unbranched alkanes of at least 4 members (excludes halogenated alkanes) is 1. The molecule has 0 fully saturated rings. The Morgan fingerprint density at radius 1 is 1.36 bits per heavy atom. The summed E-state index contributed by atoms with van der Waals surface area (Å²) in [4.78, 5) is 0. The zero-order valence-electron chi connectivity index (χ0n) is 13.7. The lowest BCUT2D eigenvalue weighted by Crippen LogP contribution is -2.35. The van der Waals surface area contributed by atoms with Gasteiger partial charge in [0.05, 0.1) is 6.61 Å². The number of ether oxygens (including phenoxy) is 2. The van der Waals surface area contributed by atoms with Crippen LogP contribution in [0.3, 0.4) is 0 Å². The lowest BCUT2D eigenvalue weighted by molar-refractivity contribution is 0.254. The van der Waals surface area contributed by atoms with Gasteiger partial charge in [-0.3, -0.25) is 0 Å². The van der Waals surface area contributed by atoms with Gasteiger partial charge in [0, 0.05) is 30.6 Å². The van der Waals surface area contributed by atoms with E-state index in [1.54, 1.807) is 0 Å². The first kappa shape index (κ1) is 16.9. The first-order valence-electron chi connectivity index (χ1n) is 8.11. The van der Waals surface area contributed by atoms with E-state index < -0.39 is 0 Å². The standard InChI is InChI=1S/C17H26N2O2S/c1-4-6-7-18-17(22)19-11-14-10-16-13(8-12(3)21-16)9-15(14)20-5-2/h9-10,12H,4-8,11H2,1-3H3,(H2,18,19,22)/t12-/m1/s1. The van der Waals surface area contributed by atoms with E-state index in [2.05, 4.69) is 36.6 Å². The first-order chi connectivity index (χ1) is 10.6. The normalized spacial score (nSPS) is 15.9. The maximum Gasteiger partial charge on any atom is 0.166 e. The molecule has 5 heteroatoms. The summed E-state index contributed by atoms with van der Waals surface area (Å²) in [5, 5.41) is 7.14. The van der Waals surface area contributed by atoms with Crippen LogP contribution in [-0.4, -0.2) is 24.4 Å². The van der Waals surface area contributed by atoms with Crippen molar-refractivity contribution >= 4 is 17.3 Å². The lowest BCUT2D eigenvalue weighted by atomic mass is 10.1. The van der Waals surface area contributed by atoms with Crippen molar-refractivity contribution < 1.29 is 9.47 Å². The van der Waals surface area contributed by atoms with Gasteiger partial charge in [-0.1, -0.05) is 13.3 Å². The predicted molar refractivity (Wildman–Crippen MR) is 93.8 cm³/mol. The van der Waals surface area contributed by atoms with Crippen molar-refractivity contribution in [1.82, 2.24) is 10.6 Å². The smallest absolute Gasteiger partial charge is 0.166 e. The molecule has 2 rings (SSSR count). The molecule has 2 N–H and O–H groups in total. The van der Waals surface area contributed by atoms with Crippen LogP contribution in [0.25, 0.3) is 0 Å². The Morgan fingerprint density at radius 2 is 2.18 bits per heavy atom. The van der Waals surface area contributed by atoms with Gasteiger partial charge in [-0.25, -0.2) is 0 Å². The Balaban J connectivity index is 2.00. The molecule has 1 aliphatic heterocycles. The average Bonchev–Trinajstić information content (AvgIpc) is 2.84. The molecule has 0 amide bonds. The van der Waals surface area contributed by atoms with Gasteiger partial charge in [-0.2, -0.15) is 0 Å². The highest BCUT2D eigenvalue weighted by Crippen LogP contribution is 2.35. The molecule has 0 bridgehead atoms. The fourth-order valence-electron chi connectivity index (χ4n) is 2.53. The number of rotatable bonds is 7. The molecule has 1 heterocycles. The van der Waals surface area contributed by atoms with Crippen molar-refractivity contribution in [2.45, 2.75) is 52.7 Å². The summed E-state index contributed by atoms with van der Waals surface area (Å²) in [5.41, 5.74) is 2.30. The molecule has 1 aliphatic rings. The fraction of sp³-hybridized carbons (Fsp3) is 0.588. The second kappa shape index (κ2) is 8.22. The number of nitrogens with one attached hydrogen (secondary N) is 2. The van der Waals surface area contributed by atoms with E-state index in [-0.39, 0.29) is 6.10 Å². The van der Waals surface area contributed by atoms with Crippen LogP contribution in [0.1, 0.15) is 44.7 Å². The third kappa shape index (κ3) is 4.50. The molecule has 4 nitrogen and oxygen atoms in total. The van der Waals surface area contributed by atoms with E-state index >= 15 is 0 Å². The Labute approximate surface area is 138 Å². The first-order valence-corrected chi connectivity index (χ1v) is 8.51. The van der Waals surface area contributed by atoms with Crippen molar-refractivity contribution in [3.63, 3.8) is 0 Å². The van der Waals surface area contributed by atoms with Crippen molar-refractivity contribution in [2.24, 2.45) is 0 Å². The molecule has 0 aromatic heterocycles. The molecule has 0 aliphatic carbocycles. The van der Waals surface area contributed by atoms with Gasteiger partial charge in [0.2, 0.25) is 0 Å². The number of hydrogen-bond acceptors (Lipinski definition) is 3. The minimum atomic E-state index is 0.240. The number of fused-ring (bicyclic) bond motifs is 1. The van der Waals surface area contributed by atoms with Crippen LogP contribution in [0, 0.1) is 0 Å². The van der Waals surface area contributed by atoms with Gasteiger partial charge in [0.25, 0.3) is 0 Å². The van der Waals surface area contributed by atoms with E-state index in [0.717, 1.165) is 42.9 Å². The van der Waals surface area contributed by atoms with Gasteiger partial charge < -0.3 is 20.1 Å². The summed E-state index contributed by atoms with van der Waals surface area (Å²) in [6.45, 7) is 8.45. The van der Waals surface area contributed by atoms with Crippen molar-refractivity contribution in [3.8, 4) is 11.5 Å². The lowest BCUT2D eigenvalue weighted by Gasteiger charge is -2.15. The third-order valence-electron chi connectivity index (χ3n) is 3.63. The highest BCUT2D eigenvalue weighted by molar-refractivity contribution is 7.80. The molecule has 0 radical (unpaired) electrons. The zero-order valence-corrected chi connectivity index (χ0v) is 14.5. The molecule has 0 saturated heterocycles. The molecule has 1 atom stereocenters. The molecular formula is C17H26N2O2S. The summed E-state index contributed by atoms with van der Waals surface area (Å²) in [5.74, 6) is 1.89. The number of hydrogen-bond donors (Lipinski definition) is 2. The molecule has 0 saturated carbocycles. The summed E-state index contributed by atoms with van der Waals surface area (Å²) in [7, 11) is 0. The number of thiocarbonyl (C=S) groups is 1. The Bertz CT molecular complexity index is 520. The van der Waals surface area contributed by atoms with E-state index in [1.165, 1.54) is 5.56 Å². The predicted octanol–water partition coefficient (Wildman–Crippen LogP) is 3.17. The molecule has 122 valence electrons.